The third-order valence-electron chi connectivity index (χ3n) is 2.44. The van der Waals surface area contributed by atoms with Crippen LogP contribution in [0.3, 0.4) is 0 Å². The van der Waals surface area contributed by atoms with Crippen molar-refractivity contribution in [3.63, 3.8) is 0 Å². The van der Waals surface area contributed by atoms with Crippen LogP contribution in [0.1, 0.15) is 31.2 Å². The first-order valence-corrected chi connectivity index (χ1v) is 5.01. The van der Waals surface area contributed by atoms with E-state index in [9.17, 15) is 0 Å². The third-order valence-corrected chi connectivity index (χ3v) is 2.44. The van der Waals surface area contributed by atoms with Crippen LogP contribution in [0.2, 0.25) is 0 Å². The minimum Gasteiger partial charge on any atom is -0.344 e. The van der Waals surface area contributed by atoms with Gasteiger partial charge in [0.2, 0.25) is 5.89 Å². The van der Waals surface area contributed by atoms with Crippen molar-refractivity contribution in [2.24, 2.45) is 0 Å². The van der Waals surface area contributed by atoms with E-state index in [2.05, 4.69) is 15.5 Å². The zero-order valence-electron chi connectivity index (χ0n) is 8.66. The first-order chi connectivity index (χ1) is 6.77. The van der Waals surface area contributed by atoms with E-state index < -0.39 is 0 Å². The van der Waals surface area contributed by atoms with Gasteiger partial charge >= 0.3 is 0 Å². The molecular weight excluding hydrogens is 180 g/mol. The molecule has 2 rings (SSSR count). The number of hydrogen-bond acceptors (Lipinski definition) is 5. The lowest BCUT2D eigenvalue weighted by Crippen LogP contribution is -2.27. The molecule has 5 heteroatoms. The van der Waals surface area contributed by atoms with E-state index in [1.807, 2.05) is 19.0 Å². The summed E-state index contributed by atoms with van der Waals surface area (Å²) in [6.07, 6.45) is 3.57. The first-order valence-electron chi connectivity index (χ1n) is 5.01. The van der Waals surface area contributed by atoms with Crippen molar-refractivity contribution < 1.29 is 4.52 Å². The van der Waals surface area contributed by atoms with E-state index in [0.717, 1.165) is 13.0 Å². The summed E-state index contributed by atoms with van der Waals surface area (Å²) in [7, 11) is 3.81. The van der Waals surface area contributed by atoms with Crippen LogP contribution in [0, 0.1) is 0 Å². The molecule has 0 radical (unpaired) electrons. The van der Waals surface area contributed by atoms with E-state index in [-0.39, 0.29) is 6.04 Å². The van der Waals surface area contributed by atoms with Gasteiger partial charge in [0.05, 0.1) is 6.04 Å². The van der Waals surface area contributed by atoms with Crippen LogP contribution in [0.4, 0.5) is 5.95 Å². The highest BCUT2D eigenvalue weighted by molar-refractivity contribution is 5.24. The number of aromatic nitrogens is 2. The number of hydrogen-bond donors (Lipinski definition) is 1. The molecule has 0 amide bonds. The summed E-state index contributed by atoms with van der Waals surface area (Å²) in [6, 6.07) is 0.255. The van der Waals surface area contributed by atoms with E-state index in [1.54, 1.807) is 0 Å². The molecule has 1 atom stereocenters. The van der Waals surface area contributed by atoms with Gasteiger partial charge in [0.1, 0.15) is 0 Å². The second-order valence-corrected chi connectivity index (χ2v) is 3.83. The molecule has 1 saturated heterocycles. The van der Waals surface area contributed by atoms with Crippen LogP contribution in [0.15, 0.2) is 4.52 Å². The van der Waals surface area contributed by atoms with E-state index in [1.165, 1.54) is 12.8 Å². The maximum Gasteiger partial charge on any atom is 0.265 e. The molecule has 1 aliphatic heterocycles. The zero-order chi connectivity index (χ0) is 9.97. The van der Waals surface area contributed by atoms with Gasteiger partial charge in [0.15, 0.2) is 0 Å². The van der Waals surface area contributed by atoms with Crippen LogP contribution in [0.25, 0.3) is 0 Å². The number of nitrogens with zero attached hydrogens (tertiary/aromatic N) is 3. The van der Waals surface area contributed by atoms with Crippen molar-refractivity contribution in [3.8, 4) is 0 Å². The van der Waals surface area contributed by atoms with Crippen LogP contribution >= 0.6 is 0 Å². The van der Waals surface area contributed by atoms with Crippen LogP contribution < -0.4 is 10.2 Å². The van der Waals surface area contributed by atoms with Gasteiger partial charge in [-0.3, -0.25) is 0 Å². The molecule has 1 aromatic rings. The minimum atomic E-state index is 0.255. The Hall–Kier alpha value is -1.10. The fourth-order valence-electron chi connectivity index (χ4n) is 1.61. The average molecular weight is 196 g/mol. The maximum atomic E-state index is 5.20. The van der Waals surface area contributed by atoms with Gasteiger partial charge in [-0.2, -0.15) is 4.98 Å². The minimum absolute atomic E-state index is 0.255. The van der Waals surface area contributed by atoms with Crippen LogP contribution in [-0.4, -0.2) is 30.8 Å². The van der Waals surface area contributed by atoms with Crippen molar-refractivity contribution in [1.82, 2.24) is 15.5 Å². The van der Waals surface area contributed by atoms with Crippen molar-refractivity contribution in [2.45, 2.75) is 25.3 Å². The first kappa shape index (κ1) is 9.45. The highest BCUT2D eigenvalue weighted by Gasteiger charge is 2.21. The van der Waals surface area contributed by atoms with Crippen molar-refractivity contribution >= 4 is 5.95 Å². The molecule has 1 N–H and O–H groups in total. The SMILES string of the molecule is CN(C)c1noc(C2CCCCN2)n1. The van der Waals surface area contributed by atoms with Gasteiger partial charge in [0, 0.05) is 14.1 Å². The average Bonchev–Trinajstić information content (AvgIpc) is 2.68. The van der Waals surface area contributed by atoms with Gasteiger partial charge in [-0.25, -0.2) is 0 Å². The monoisotopic (exact) mass is 196 g/mol. The Morgan fingerprint density at radius 3 is 2.86 bits per heavy atom. The zero-order valence-corrected chi connectivity index (χ0v) is 8.66. The van der Waals surface area contributed by atoms with Crippen molar-refractivity contribution in [3.05, 3.63) is 5.89 Å². The molecule has 0 saturated carbocycles. The summed E-state index contributed by atoms with van der Waals surface area (Å²) < 4.78 is 5.20. The fraction of sp³-hybridized carbons (Fsp3) is 0.778. The fourth-order valence-corrected chi connectivity index (χ4v) is 1.61. The molecule has 0 spiro atoms. The normalized spacial score (nSPS) is 22.3. The topological polar surface area (TPSA) is 54.2 Å². The molecule has 1 aliphatic rings. The van der Waals surface area contributed by atoms with Crippen LogP contribution in [-0.2, 0) is 0 Å². The van der Waals surface area contributed by atoms with Gasteiger partial charge in [0.25, 0.3) is 5.95 Å². The largest absolute Gasteiger partial charge is 0.344 e. The lowest BCUT2D eigenvalue weighted by atomic mass is 10.1. The van der Waals surface area contributed by atoms with E-state index in [4.69, 9.17) is 4.52 Å². The maximum absolute atomic E-state index is 5.20. The summed E-state index contributed by atoms with van der Waals surface area (Å²) in [5.41, 5.74) is 0. The van der Waals surface area contributed by atoms with Crippen molar-refractivity contribution in [2.75, 3.05) is 25.5 Å². The van der Waals surface area contributed by atoms with Crippen LogP contribution in [0.5, 0.6) is 0 Å². The predicted molar refractivity (Wildman–Crippen MR) is 53.2 cm³/mol. The molecule has 14 heavy (non-hydrogen) atoms. The summed E-state index contributed by atoms with van der Waals surface area (Å²) in [5, 5.41) is 7.26. The van der Waals surface area contributed by atoms with Gasteiger partial charge in [-0.05, 0) is 24.5 Å². The Labute approximate surface area is 83.5 Å². The molecule has 5 nitrogen and oxygen atoms in total. The second-order valence-electron chi connectivity index (χ2n) is 3.83. The lowest BCUT2D eigenvalue weighted by molar-refractivity contribution is 0.297. The second kappa shape index (κ2) is 3.96. The van der Waals surface area contributed by atoms with Gasteiger partial charge < -0.3 is 14.7 Å². The number of anilines is 1. The molecule has 1 fully saturated rings. The Balaban J connectivity index is 2.07. The Kier molecular flexibility index (Phi) is 2.67. The lowest BCUT2D eigenvalue weighted by Gasteiger charge is -2.19. The number of nitrogens with one attached hydrogen (secondary N) is 1. The Morgan fingerprint density at radius 2 is 2.29 bits per heavy atom. The molecule has 1 unspecified atom stereocenters. The van der Waals surface area contributed by atoms with E-state index in [0.29, 0.717) is 11.8 Å². The summed E-state index contributed by atoms with van der Waals surface area (Å²) >= 11 is 0. The molecule has 1 aromatic heterocycles. The molecule has 0 bridgehead atoms. The molecular formula is C9H16N4O. The van der Waals surface area contributed by atoms with Gasteiger partial charge in [-0.1, -0.05) is 6.42 Å². The highest BCUT2D eigenvalue weighted by Crippen LogP contribution is 2.22. The van der Waals surface area contributed by atoms with E-state index >= 15 is 0 Å². The molecule has 0 aliphatic carbocycles. The standard InChI is InChI=1S/C9H16N4O/c1-13(2)9-11-8(14-12-9)7-5-3-4-6-10-7/h7,10H,3-6H2,1-2H3. The summed E-state index contributed by atoms with van der Waals surface area (Å²) in [5.74, 6) is 1.36. The molecule has 0 aromatic carbocycles. The molecule has 78 valence electrons. The number of rotatable bonds is 2. The summed E-state index contributed by atoms with van der Waals surface area (Å²) in [6.45, 7) is 1.05. The Morgan fingerprint density at radius 1 is 1.43 bits per heavy atom. The number of piperidine rings is 1. The third kappa shape index (κ3) is 1.87. The Bertz CT molecular complexity index is 291. The quantitative estimate of drug-likeness (QED) is 0.763. The predicted octanol–water partition coefficient (Wildman–Crippen LogP) is 0.950. The van der Waals surface area contributed by atoms with Gasteiger partial charge in [-0.15, -0.1) is 0 Å². The smallest absolute Gasteiger partial charge is 0.265 e. The molecule has 2 heterocycles. The highest BCUT2D eigenvalue weighted by atomic mass is 16.5. The van der Waals surface area contributed by atoms with Crippen molar-refractivity contribution in [1.29, 1.82) is 0 Å². The summed E-state index contributed by atoms with van der Waals surface area (Å²) in [4.78, 5) is 6.16.